The zero-order valence-electron chi connectivity index (χ0n) is 20.9. The number of carbonyl (C=O) groups excluding carboxylic acids is 1. The Hall–Kier alpha value is -4.02. The molecule has 6 nitrogen and oxygen atoms in total. The highest BCUT2D eigenvalue weighted by Gasteiger charge is 2.60. The maximum atomic E-state index is 14.7. The SMILES string of the molecule is CCOC(=O)C1C2Cc3cc(OCc4cccc(-n5c(C(F)(F)F)nc6ccc(F)c(F)c65)c4C)ncc3C21. The Morgan fingerprint density at radius 3 is 2.72 bits per heavy atom. The van der Waals surface area contributed by atoms with Gasteiger partial charge in [0.1, 0.15) is 12.1 Å². The number of alkyl halides is 3. The van der Waals surface area contributed by atoms with Crippen LogP contribution in [0.25, 0.3) is 16.7 Å². The number of esters is 1. The molecule has 3 unspecified atom stereocenters. The Balaban J connectivity index is 1.28. The topological polar surface area (TPSA) is 66.2 Å². The van der Waals surface area contributed by atoms with Gasteiger partial charge in [-0.1, -0.05) is 12.1 Å². The molecule has 0 amide bonds. The summed E-state index contributed by atoms with van der Waals surface area (Å²) in [6, 6.07) is 8.15. The van der Waals surface area contributed by atoms with Crippen LogP contribution in [0.15, 0.2) is 42.6 Å². The third kappa shape index (κ3) is 4.11. The van der Waals surface area contributed by atoms with E-state index in [0.29, 0.717) is 34.6 Å². The van der Waals surface area contributed by atoms with Crippen molar-refractivity contribution in [2.75, 3.05) is 6.61 Å². The number of benzene rings is 2. The van der Waals surface area contributed by atoms with E-state index in [1.165, 1.54) is 12.1 Å². The van der Waals surface area contributed by atoms with Crippen LogP contribution in [0.1, 0.15) is 40.9 Å². The molecule has 2 heterocycles. The normalized spacial score (nSPS) is 19.6. The molecule has 11 heteroatoms. The molecule has 2 aliphatic rings. The van der Waals surface area contributed by atoms with E-state index in [0.717, 1.165) is 23.3 Å². The first-order valence-corrected chi connectivity index (χ1v) is 12.4. The van der Waals surface area contributed by atoms with Gasteiger partial charge in [0, 0.05) is 18.2 Å². The molecular formula is C28H22F5N3O3. The van der Waals surface area contributed by atoms with Crippen molar-refractivity contribution in [2.24, 2.45) is 11.8 Å². The van der Waals surface area contributed by atoms with Gasteiger partial charge in [-0.3, -0.25) is 9.36 Å². The molecule has 0 spiro atoms. The van der Waals surface area contributed by atoms with Crippen molar-refractivity contribution in [1.82, 2.24) is 14.5 Å². The number of carbonyl (C=O) groups is 1. The molecule has 2 aromatic heterocycles. The number of nitrogens with zero attached hydrogens (tertiary/aromatic N) is 3. The third-order valence-corrected chi connectivity index (χ3v) is 7.54. The van der Waals surface area contributed by atoms with E-state index in [-0.39, 0.29) is 41.5 Å². The number of hydrogen-bond donors (Lipinski definition) is 0. The van der Waals surface area contributed by atoms with Gasteiger partial charge in [-0.2, -0.15) is 13.2 Å². The lowest BCUT2D eigenvalue weighted by atomic mass is 10.0. The van der Waals surface area contributed by atoms with Crippen LogP contribution in [0.4, 0.5) is 22.0 Å². The highest BCUT2D eigenvalue weighted by molar-refractivity contribution is 5.80. The number of ether oxygens (including phenoxy) is 2. The van der Waals surface area contributed by atoms with Gasteiger partial charge in [-0.25, -0.2) is 18.7 Å². The highest BCUT2D eigenvalue weighted by atomic mass is 19.4. The smallest absolute Gasteiger partial charge is 0.450 e. The van der Waals surface area contributed by atoms with Crippen LogP contribution in [0.3, 0.4) is 0 Å². The standard InChI is InChI=1S/C28H22F5N3O3/c1-3-38-26(37)23-16-9-15-10-21(34-11-17(15)22(16)23)39-12-14-5-4-6-20(13(14)2)36-25-19(8-7-18(29)24(25)30)35-27(36)28(31,32)33/h4-8,10-11,16,22-23H,3,9,12H2,1-2H3. The van der Waals surface area contributed by atoms with Crippen LogP contribution in [0, 0.1) is 30.4 Å². The van der Waals surface area contributed by atoms with Crippen LogP contribution in [-0.2, 0) is 28.7 Å². The average molecular weight is 543 g/mol. The predicted molar refractivity (Wildman–Crippen MR) is 129 cm³/mol. The average Bonchev–Trinajstić information content (AvgIpc) is 3.25. The fourth-order valence-electron chi connectivity index (χ4n) is 5.65. The number of rotatable bonds is 6. The Morgan fingerprint density at radius 1 is 1.18 bits per heavy atom. The summed E-state index contributed by atoms with van der Waals surface area (Å²) in [7, 11) is 0. The Morgan fingerprint density at radius 2 is 1.97 bits per heavy atom. The molecular weight excluding hydrogens is 521 g/mol. The number of aromatic nitrogens is 3. The number of imidazole rings is 1. The van der Waals surface area contributed by atoms with Gasteiger partial charge < -0.3 is 9.47 Å². The molecule has 2 aromatic carbocycles. The minimum Gasteiger partial charge on any atom is -0.473 e. The molecule has 0 bridgehead atoms. The van der Waals surface area contributed by atoms with E-state index in [2.05, 4.69) is 9.97 Å². The van der Waals surface area contributed by atoms with Crippen molar-refractivity contribution in [3.63, 3.8) is 0 Å². The summed E-state index contributed by atoms with van der Waals surface area (Å²) < 4.78 is 82.1. The largest absolute Gasteiger partial charge is 0.473 e. The van der Waals surface area contributed by atoms with Crippen LogP contribution in [0.2, 0.25) is 0 Å². The van der Waals surface area contributed by atoms with Crippen LogP contribution in [-0.4, -0.2) is 27.1 Å². The Kier molecular flexibility index (Phi) is 5.85. The van der Waals surface area contributed by atoms with E-state index < -0.39 is 29.2 Å². The van der Waals surface area contributed by atoms with Crippen LogP contribution < -0.4 is 4.74 Å². The fourth-order valence-corrected chi connectivity index (χ4v) is 5.65. The predicted octanol–water partition coefficient (Wildman–Crippen LogP) is 6.05. The molecule has 0 aliphatic heterocycles. The monoisotopic (exact) mass is 543 g/mol. The minimum absolute atomic E-state index is 0.00225. The highest BCUT2D eigenvalue weighted by Crippen LogP contribution is 2.61. The summed E-state index contributed by atoms with van der Waals surface area (Å²) in [5.74, 6) is -3.71. The first-order chi connectivity index (χ1) is 18.6. The second-order valence-electron chi connectivity index (χ2n) is 9.74. The second-order valence-corrected chi connectivity index (χ2v) is 9.74. The molecule has 0 saturated heterocycles. The molecule has 0 N–H and O–H groups in total. The van der Waals surface area contributed by atoms with Crippen molar-refractivity contribution in [1.29, 1.82) is 0 Å². The van der Waals surface area contributed by atoms with E-state index >= 15 is 0 Å². The van der Waals surface area contributed by atoms with E-state index in [1.54, 1.807) is 26.1 Å². The fraction of sp³-hybridized carbons (Fsp3) is 0.321. The molecule has 0 radical (unpaired) electrons. The zero-order valence-corrected chi connectivity index (χ0v) is 20.9. The van der Waals surface area contributed by atoms with E-state index in [1.807, 2.05) is 6.07 Å². The first kappa shape index (κ1) is 25.3. The lowest BCUT2D eigenvalue weighted by Gasteiger charge is -2.17. The van der Waals surface area contributed by atoms with Gasteiger partial charge in [0.15, 0.2) is 11.6 Å². The third-order valence-electron chi connectivity index (χ3n) is 7.54. The van der Waals surface area contributed by atoms with E-state index in [4.69, 9.17) is 9.47 Å². The Labute approximate surface area is 219 Å². The van der Waals surface area contributed by atoms with Gasteiger partial charge in [0.05, 0.1) is 23.7 Å². The zero-order chi connectivity index (χ0) is 27.6. The maximum absolute atomic E-state index is 14.7. The number of pyridine rings is 1. The number of fused-ring (bicyclic) bond motifs is 4. The van der Waals surface area contributed by atoms with Crippen molar-refractivity contribution in [2.45, 2.75) is 39.0 Å². The molecule has 1 saturated carbocycles. The van der Waals surface area contributed by atoms with Crippen molar-refractivity contribution >= 4 is 17.0 Å². The summed E-state index contributed by atoms with van der Waals surface area (Å²) in [6.07, 6.45) is -2.50. The molecule has 4 aromatic rings. The van der Waals surface area contributed by atoms with Crippen molar-refractivity contribution in [3.8, 4) is 11.6 Å². The Bertz CT molecular complexity index is 1630. The molecule has 202 valence electrons. The summed E-state index contributed by atoms with van der Waals surface area (Å²) in [6.45, 7) is 3.68. The second kappa shape index (κ2) is 9.03. The van der Waals surface area contributed by atoms with Gasteiger partial charge in [0.25, 0.3) is 0 Å². The van der Waals surface area contributed by atoms with Crippen molar-refractivity contribution < 1.29 is 36.2 Å². The van der Waals surface area contributed by atoms with Gasteiger partial charge in [-0.15, -0.1) is 0 Å². The summed E-state index contributed by atoms with van der Waals surface area (Å²) >= 11 is 0. The molecule has 3 atom stereocenters. The summed E-state index contributed by atoms with van der Waals surface area (Å²) in [4.78, 5) is 20.0. The number of halogens is 5. The quantitative estimate of drug-likeness (QED) is 0.219. The number of hydrogen-bond acceptors (Lipinski definition) is 5. The molecule has 6 rings (SSSR count). The van der Waals surface area contributed by atoms with Crippen LogP contribution >= 0.6 is 0 Å². The lowest BCUT2D eigenvalue weighted by molar-refractivity contribution is -0.146. The maximum Gasteiger partial charge on any atom is 0.450 e. The molecule has 2 aliphatic carbocycles. The van der Waals surface area contributed by atoms with Gasteiger partial charge >= 0.3 is 12.1 Å². The van der Waals surface area contributed by atoms with Gasteiger partial charge in [0.2, 0.25) is 11.7 Å². The summed E-state index contributed by atoms with van der Waals surface area (Å²) in [5, 5.41) is 0. The molecule has 39 heavy (non-hydrogen) atoms. The van der Waals surface area contributed by atoms with E-state index in [9.17, 15) is 26.7 Å². The van der Waals surface area contributed by atoms with Crippen molar-refractivity contribution in [3.05, 3.63) is 82.3 Å². The lowest BCUT2D eigenvalue weighted by Crippen LogP contribution is -2.15. The summed E-state index contributed by atoms with van der Waals surface area (Å²) in [5.41, 5.74) is 2.05. The minimum atomic E-state index is -4.91. The first-order valence-electron chi connectivity index (χ1n) is 12.4. The molecule has 1 fully saturated rings. The van der Waals surface area contributed by atoms with Crippen LogP contribution in [0.5, 0.6) is 5.88 Å². The van der Waals surface area contributed by atoms with Gasteiger partial charge in [-0.05, 0) is 66.6 Å².